The molecule has 1 aromatic carbocycles. The third-order valence-corrected chi connectivity index (χ3v) is 3.45. The van der Waals surface area contributed by atoms with Crippen LogP contribution in [-0.2, 0) is 14.3 Å². The van der Waals surface area contributed by atoms with E-state index in [0.29, 0.717) is 5.69 Å². The Labute approximate surface area is 125 Å². The SMILES string of the molecule is CCOC(=O)C(N)C(=O)Nc1cccc(-c2nccs2)c1. The molecule has 0 radical (unpaired) electrons. The Kier molecular flexibility index (Phi) is 5.02. The minimum atomic E-state index is -1.34. The van der Waals surface area contributed by atoms with Crippen molar-refractivity contribution in [3.63, 3.8) is 0 Å². The quantitative estimate of drug-likeness (QED) is 0.647. The van der Waals surface area contributed by atoms with Gasteiger partial charge in [-0.25, -0.2) is 9.78 Å². The third kappa shape index (κ3) is 3.87. The van der Waals surface area contributed by atoms with Crippen molar-refractivity contribution in [3.05, 3.63) is 35.8 Å². The molecule has 0 saturated carbocycles. The maximum atomic E-state index is 11.9. The molecule has 110 valence electrons. The van der Waals surface area contributed by atoms with Crippen LogP contribution in [0.5, 0.6) is 0 Å². The third-order valence-electron chi connectivity index (χ3n) is 2.63. The van der Waals surface area contributed by atoms with Crippen molar-refractivity contribution in [2.75, 3.05) is 11.9 Å². The molecule has 3 N–H and O–H groups in total. The molecule has 0 fully saturated rings. The number of rotatable bonds is 5. The van der Waals surface area contributed by atoms with Gasteiger partial charge in [0.15, 0.2) is 6.04 Å². The van der Waals surface area contributed by atoms with Crippen molar-refractivity contribution >= 4 is 28.9 Å². The molecule has 0 aliphatic heterocycles. The van der Waals surface area contributed by atoms with Crippen molar-refractivity contribution in [3.8, 4) is 10.6 Å². The molecule has 1 heterocycles. The maximum Gasteiger partial charge on any atom is 0.332 e. The molecule has 1 aromatic heterocycles. The summed E-state index contributed by atoms with van der Waals surface area (Å²) in [7, 11) is 0. The summed E-state index contributed by atoms with van der Waals surface area (Å²) in [6.07, 6.45) is 1.71. The number of amides is 1. The molecule has 0 saturated heterocycles. The molecule has 6 nitrogen and oxygen atoms in total. The topological polar surface area (TPSA) is 94.3 Å². The summed E-state index contributed by atoms with van der Waals surface area (Å²) in [5, 5.41) is 5.32. The molecule has 0 aliphatic rings. The van der Waals surface area contributed by atoms with Gasteiger partial charge in [-0.15, -0.1) is 11.3 Å². The highest BCUT2D eigenvalue weighted by atomic mass is 32.1. The summed E-state index contributed by atoms with van der Waals surface area (Å²) < 4.78 is 4.71. The van der Waals surface area contributed by atoms with Crippen LogP contribution in [0.15, 0.2) is 35.8 Å². The normalized spacial score (nSPS) is 11.7. The number of nitrogens with zero attached hydrogens (tertiary/aromatic N) is 1. The van der Waals surface area contributed by atoms with E-state index in [1.165, 1.54) is 11.3 Å². The predicted molar refractivity (Wildman–Crippen MR) is 80.8 cm³/mol. The Hall–Kier alpha value is -2.25. The minimum absolute atomic E-state index is 0.180. The number of nitrogens with one attached hydrogen (secondary N) is 1. The van der Waals surface area contributed by atoms with Crippen LogP contribution in [0.4, 0.5) is 5.69 Å². The van der Waals surface area contributed by atoms with Crippen LogP contribution in [0.25, 0.3) is 10.6 Å². The number of hydrogen-bond acceptors (Lipinski definition) is 6. The molecule has 1 atom stereocenters. The Bertz CT molecular complexity index is 628. The first-order valence-corrected chi connectivity index (χ1v) is 7.22. The lowest BCUT2D eigenvalue weighted by Gasteiger charge is -2.11. The van der Waals surface area contributed by atoms with Crippen LogP contribution in [0.2, 0.25) is 0 Å². The van der Waals surface area contributed by atoms with Gasteiger partial charge >= 0.3 is 5.97 Å². The zero-order valence-electron chi connectivity index (χ0n) is 11.4. The van der Waals surface area contributed by atoms with Gasteiger partial charge in [-0.1, -0.05) is 12.1 Å². The second-order valence-electron chi connectivity index (χ2n) is 4.14. The average Bonchev–Trinajstić information content (AvgIpc) is 3.01. The van der Waals surface area contributed by atoms with Gasteiger partial charge in [0.05, 0.1) is 6.61 Å². The highest BCUT2D eigenvalue weighted by Gasteiger charge is 2.23. The Morgan fingerprint density at radius 2 is 2.29 bits per heavy atom. The number of hydrogen-bond donors (Lipinski definition) is 2. The summed E-state index contributed by atoms with van der Waals surface area (Å²) in [5.41, 5.74) is 6.96. The molecule has 2 aromatic rings. The van der Waals surface area contributed by atoms with Crippen LogP contribution in [0.3, 0.4) is 0 Å². The average molecular weight is 305 g/mol. The van der Waals surface area contributed by atoms with E-state index in [1.807, 2.05) is 11.4 Å². The summed E-state index contributed by atoms with van der Waals surface area (Å²) in [5.74, 6) is -1.35. The van der Waals surface area contributed by atoms with E-state index in [1.54, 1.807) is 31.3 Å². The summed E-state index contributed by atoms with van der Waals surface area (Å²) >= 11 is 1.50. The summed E-state index contributed by atoms with van der Waals surface area (Å²) in [6.45, 7) is 1.83. The van der Waals surface area contributed by atoms with Gasteiger partial charge in [-0.05, 0) is 19.1 Å². The molecule has 21 heavy (non-hydrogen) atoms. The second kappa shape index (κ2) is 6.96. The zero-order chi connectivity index (χ0) is 15.2. The molecular formula is C14H15N3O3S. The van der Waals surface area contributed by atoms with E-state index in [-0.39, 0.29) is 6.61 Å². The van der Waals surface area contributed by atoms with Gasteiger partial charge in [0.25, 0.3) is 5.91 Å². The van der Waals surface area contributed by atoms with E-state index in [9.17, 15) is 9.59 Å². The van der Waals surface area contributed by atoms with Crippen LogP contribution in [0, 0.1) is 0 Å². The number of carbonyl (C=O) groups excluding carboxylic acids is 2. The monoisotopic (exact) mass is 305 g/mol. The highest BCUT2D eigenvalue weighted by Crippen LogP contribution is 2.24. The minimum Gasteiger partial charge on any atom is -0.464 e. The number of carbonyl (C=O) groups is 2. The number of aromatic nitrogens is 1. The molecular weight excluding hydrogens is 290 g/mol. The summed E-state index contributed by atoms with van der Waals surface area (Å²) in [4.78, 5) is 27.5. The number of esters is 1. The smallest absolute Gasteiger partial charge is 0.332 e. The number of nitrogens with two attached hydrogens (primary N) is 1. The molecule has 0 bridgehead atoms. The van der Waals surface area contributed by atoms with E-state index >= 15 is 0 Å². The van der Waals surface area contributed by atoms with Crippen molar-refractivity contribution in [2.45, 2.75) is 13.0 Å². The van der Waals surface area contributed by atoms with E-state index in [0.717, 1.165) is 10.6 Å². The molecule has 0 aliphatic carbocycles. The summed E-state index contributed by atoms with van der Waals surface area (Å²) in [6, 6.07) is 5.83. The van der Waals surface area contributed by atoms with Crippen molar-refractivity contribution in [1.29, 1.82) is 0 Å². The lowest BCUT2D eigenvalue weighted by molar-refractivity contribution is -0.146. The number of benzene rings is 1. The van der Waals surface area contributed by atoms with Gasteiger partial charge in [-0.3, -0.25) is 4.79 Å². The first-order valence-electron chi connectivity index (χ1n) is 6.35. The first kappa shape index (κ1) is 15.1. The Morgan fingerprint density at radius 1 is 1.48 bits per heavy atom. The van der Waals surface area contributed by atoms with Crippen molar-refractivity contribution < 1.29 is 14.3 Å². The van der Waals surface area contributed by atoms with Crippen LogP contribution in [-0.4, -0.2) is 29.5 Å². The van der Waals surface area contributed by atoms with Crippen molar-refractivity contribution in [2.24, 2.45) is 5.73 Å². The molecule has 1 unspecified atom stereocenters. The fourth-order valence-electron chi connectivity index (χ4n) is 1.66. The molecule has 7 heteroatoms. The molecule has 0 spiro atoms. The first-order chi connectivity index (χ1) is 10.1. The number of anilines is 1. The van der Waals surface area contributed by atoms with Gasteiger partial charge < -0.3 is 15.8 Å². The second-order valence-corrected chi connectivity index (χ2v) is 5.03. The van der Waals surface area contributed by atoms with E-state index in [4.69, 9.17) is 10.5 Å². The lowest BCUT2D eigenvalue weighted by Crippen LogP contribution is -2.43. The largest absolute Gasteiger partial charge is 0.464 e. The Morgan fingerprint density at radius 3 is 2.95 bits per heavy atom. The van der Waals surface area contributed by atoms with E-state index in [2.05, 4.69) is 10.3 Å². The molecule has 1 amide bonds. The van der Waals surface area contributed by atoms with E-state index < -0.39 is 17.9 Å². The van der Waals surface area contributed by atoms with Gasteiger partial charge in [0, 0.05) is 22.8 Å². The van der Waals surface area contributed by atoms with Crippen LogP contribution >= 0.6 is 11.3 Å². The number of thiazole rings is 1. The Balaban J connectivity index is 2.08. The standard InChI is InChI=1S/C14H15N3O3S/c1-2-20-14(19)11(15)12(18)17-10-5-3-4-9(8-10)13-16-6-7-21-13/h3-8,11H,2,15H2,1H3,(H,17,18). The lowest BCUT2D eigenvalue weighted by atomic mass is 10.2. The number of ether oxygens (including phenoxy) is 1. The van der Waals surface area contributed by atoms with Gasteiger partial charge in [0.2, 0.25) is 0 Å². The molecule has 2 rings (SSSR count). The van der Waals surface area contributed by atoms with Gasteiger partial charge in [-0.2, -0.15) is 0 Å². The van der Waals surface area contributed by atoms with Crippen molar-refractivity contribution in [1.82, 2.24) is 4.98 Å². The predicted octanol–water partition coefficient (Wildman–Crippen LogP) is 1.64. The van der Waals surface area contributed by atoms with Crippen LogP contribution in [0.1, 0.15) is 6.92 Å². The maximum absolute atomic E-state index is 11.9. The van der Waals surface area contributed by atoms with Gasteiger partial charge in [0.1, 0.15) is 5.01 Å². The highest BCUT2D eigenvalue weighted by molar-refractivity contribution is 7.13. The fourth-order valence-corrected chi connectivity index (χ4v) is 2.29. The fraction of sp³-hybridized carbons (Fsp3) is 0.214. The zero-order valence-corrected chi connectivity index (χ0v) is 12.2. The van der Waals surface area contributed by atoms with Crippen LogP contribution < -0.4 is 11.1 Å².